The Hall–Kier alpha value is -1.54. The van der Waals surface area contributed by atoms with Crippen LogP contribution in [0.2, 0.25) is 0 Å². The zero-order valence-corrected chi connectivity index (χ0v) is 13.6. The number of rotatable bonds is 4. The molecule has 0 saturated carbocycles. The van der Waals surface area contributed by atoms with E-state index in [1.165, 1.54) is 17.9 Å². The van der Waals surface area contributed by atoms with E-state index >= 15 is 0 Å². The van der Waals surface area contributed by atoms with Crippen LogP contribution in [0.3, 0.4) is 0 Å². The normalized spacial score (nSPS) is 11.4. The number of hydrogen-bond donors (Lipinski definition) is 1. The molecule has 0 aliphatic rings. The molecule has 20 heavy (non-hydrogen) atoms. The molecule has 1 N–H and O–H groups in total. The van der Waals surface area contributed by atoms with Gasteiger partial charge in [-0.1, -0.05) is 15.9 Å². The van der Waals surface area contributed by atoms with Gasteiger partial charge in [0.2, 0.25) is 0 Å². The van der Waals surface area contributed by atoms with Gasteiger partial charge in [0, 0.05) is 17.6 Å². The summed E-state index contributed by atoms with van der Waals surface area (Å²) in [5.41, 5.74) is 0.728. The number of nitrogens with one attached hydrogen (secondary N) is 1. The average Bonchev–Trinajstić information content (AvgIpc) is 2.67. The molecule has 108 valence electrons. The molecular formula is C12H14BrN3O3S. The fourth-order valence-electron chi connectivity index (χ4n) is 1.76. The van der Waals surface area contributed by atoms with Crippen molar-refractivity contribution in [1.82, 2.24) is 9.78 Å². The van der Waals surface area contributed by atoms with Crippen LogP contribution in [0.15, 0.2) is 33.6 Å². The first-order valence-corrected chi connectivity index (χ1v) is 7.98. The van der Waals surface area contributed by atoms with Crippen LogP contribution < -0.4 is 9.46 Å². The maximum atomic E-state index is 12.4. The van der Waals surface area contributed by atoms with Crippen molar-refractivity contribution in [1.29, 1.82) is 0 Å². The van der Waals surface area contributed by atoms with E-state index in [1.807, 2.05) is 0 Å². The Balaban J connectivity index is 2.45. The number of nitrogens with zero attached hydrogens (tertiary/aromatic N) is 2. The van der Waals surface area contributed by atoms with E-state index in [0.717, 1.165) is 5.69 Å². The Kier molecular flexibility index (Phi) is 4.05. The van der Waals surface area contributed by atoms with Crippen molar-refractivity contribution in [2.45, 2.75) is 11.8 Å². The number of halogens is 1. The SMILES string of the molecule is COc1ccc(Br)cc1S(=O)(=O)Nc1cc(C)nn1C. The Bertz CT molecular complexity index is 740. The molecule has 0 aliphatic carbocycles. The predicted octanol–water partition coefficient (Wildman–Crippen LogP) is 2.30. The first kappa shape index (κ1) is 14.9. The fraction of sp³-hybridized carbons (Fsp3) is 0.250. The third-order valence-corrected chi connectivity index (χ3v) is 4.53. The number of hydrogen-bond acceptors (Lipinski definition) is 4. The average molecular weight is 360 g/mol. The highest BCUT2D eigenvalue weighted by atomic mass is 79.9. The molecular weight excluding hydrogens is 346 g/mol. The second kappa shape index (κ2) is 5.45. The van der Waals surface area contributed by atoms with Gasteiger partial charge in [-0.15, -0.1) is 0 Å². The van der Waals surface area contributed by atoms with Crippen LogP contribution in [0.25, 0.3) is 0 Å². The number of aromatic nitrogens is 2. The molecule has 8 heteroatoms. The third-order valence-electron chi connectivity index (χ3n) is 2.66. The highest BCUT2D eigenvalue weighted by Crippen LogP contribution is 2.28. The van der Waals surface area contributed by atoms with Gasteiger partial charge in [-0.3, -0.25) is 9.40 Å². The molecule has 1 aromatic carbocycles. The number of sulfonamides is 1. The summed E-state index contributed by atoms with van der Waals surface area (Å²) in [6.07, 6.45) is 0. The molecule has 6 nitrogen and oxygen atoms in total. The van der Waals surface area contributed by atoms with Gasteiger partial charge in [0.25, 0.3) is 10.0 Å². The lowest BCUT2D eigenvalue weighted by Crippen LogP contribution is -2.16. The monoisotopic (exact) mass is 359 g/mol. The minimum atomic E-state index is -3.75. The topological polar surface area (TPSA) is 73.2 Å². The Labute approximate surface area is 125 Å². The Morgan fingerprint density at radius 2 is 2.05 bits per heavy atom. The number of methoxy groups -OCH3 is 1. The number of ether oxygens (including phenoxy) is 1. The molecule has 0 saturated heterocycles. The summed E-state index contributed by atoms with van der Waals surface area (Å²) in [5, 5.41) is 4.10. The number of anilines is 1. The first-order valence-electron chi connectivity index (χ1n) is 5.70. The third kappa shape index (κ3) is 2.96. The summed E-state index contributed by atoms with van der Waals surface area (Å²) in [4.78, 5) is 0.0632. The molecule has 0 aliphatic heterocycles. The molecule has 0 fully saturated rings. The second-order valence-electron chi connectivity index (χ2n) is 4.20. The molecule has 0 atom stereocenters. The zero-order chi connectivity index (χ0) is 14.9. The van der Waals surface area contributed by atoms with Gasteiger partial charge in [-0.2, -0.15) is 5.10 Å². The van der Waals surface area contributed by atoms with Gasteiger partial charge in [0.15, 0.2) is 0 Å². The lowest BCUT2D eigenvalue weighted by Gasteiger charge is -2.11. The summed E-state index contributed by atoms with van der Waals surface area (Å²) >= 11 is 3.26. The summed E-state index contributed by atoms with van der Waals surface area (Å²) in [6, 6.07) is 6.45. The van der Waals surface area contributed by atoms with Crippen LogP contribution in [0.4, 0.5) is 5.82 Å². The van der Waals surface area contributed by atoms with Crippen LogP contribution in [0, 0.1) is 6.92 Å². The van der Waals surface area contributed by atoms with Crippen LogP contribution in [0.5, 0.6) is 5.75 Å². The quantitative estimate of drug-likeness (QED) is 0.908. The van der Waals surface area contributed by atoms with Gasteiger partial charge in [-0.25, -0.2) is 8.42 Å². The van der Waals surface area contributed by atoms with E-state index in [1.54, 1.807) is 32.2 Å². The minimum absolute atomic E-state index is 0.0632. The highest BCUT2D eigenvalue weighted by molar-refractivity contribution is 9.10. The van der Waals surface area contributed by atoms with Crippen LogP contribution >= 0.6 is 15.9 Å². The first-order chi connectivity index (χ1) is 9.33. The molecule has 0 amide bonds. The molecule has 0 bridgehead atoms. The predicted molar refractivity (Wildman–Crippen MR) is 79.4 cm³/mol. The lowest BCUT2D eigenvalue weighted by atomic mass is 10.3. The molecule has 1 heterocycles. The highest BCUT2D eigenvalue weighted by Gasteiger charge is 2.21. The minimum Gasteiger partial charge on any atom is -0.495 e. The van der Waals surface area contributed by atoms with E-state index in [2.05, 4.69) is 25.8 Å². The van der Waals surface area contributed by atoms with Crippen LogP contribution in [-0.4, -0.2) is 25.3 Å². The molecule has 0 radical (unpaired) electrons. The largest absolute Gasteiger partial charge is 0.495 e. The molecule has 1 aromatic heterocycles. The summed E-state index contributed by atoms with van der Waals surface area (Å²) in [5.74, 6) is 0.670. The van der Waals surface area contributed by atoms with E-state index < -0.39 is 10.0 Å². The summed E-state index contributed by atoms with van der Waals surface area (Å²) in [6.45, 7) is 1.79. The summed E-state index contributed by atoms with van der Waals surface area (Å²) in [7, 11) is -0.657. The Morgan fingerprint density at radius 3 is 2.60 bits per heavy atom. The molecule has 0 unspecified atom stereocenters. The van der Waals surface area contributed by atoms with Crippen molar-refractivity contribution in [3.8, 4) is 5.75 Å². The second-order valence-corrected chi connectivity index (χ2v) is 6.76. The fourth-order valence-corrected chi connectivity index (χ4v) is 3.55. The van der Waals surface area contributed by atoms with E-state index in [9.17, 15) is 8.42 Å². The van der Waals surface area contributed by atoms with Crippen molar-refractivity contribution < 1.29 is 13.2 Å². The van der Waals surface area contributed by atoms with Crippen molar-refractivity contribution in [2.75, 3.05) is 11.8 Å². The molecule has 2 rings (SSSR count). The number of benzene rings is 1. The summed E-state index contributed by atoms with van der Waals surface area (Å²) < 4.78 is 34.6. The Morgan fingerprint density at radius 1 is 1.35 bits per heavy atom. The van der Waals surface area contributed by atoms with Crippen molar-refractivity contribution in [2.24, 2.45) is 7.05 Å². The van der Waals surface area contributed by atoms with Gasteiger partial charge in [-0.05, 0) is 25.1 Å². The van der Waals surface area contributed by atoms with E-state index in [0.29, 0.717) is 10.3 Å². The lowest BCUT2D eigenvalue weighted by molar-refractivity contribution is 0.402. The van der Waals surface area contributed by atoms with Crippen LogP contribution in [0.1, 0.15) is 5.69 Å². The van der Waals surface area contributed by atoms with Crippen molar-refractivity contribution in [3.05, 3.63) is 34.4 Å². The zero-order valence-electron chi connectivity index (χ0n) is 11.2. The smallest absolute Gasteiger partial charge is 0.266 e. The van der Waals surface area contributed by atoms with E-state index in [-0.39, 0.29) is 10.6 Å². The maximum Gasteiger partial charge on any atom is 0.266 e. The van der Waals surface area contributed by atoms with Gasteiger partial charge < -0.3 is 4.74 Å². The van der Waals surface area contributed by atoms with E-state index in [4.69, 9.17) is 4.74 Å². The van der Waals surface area contributed by atoms with Gasteiger partial charge >= 0.3 is 0 Å². The van der Waals surface area contributed by atoms with Crippen molar-refractivity contribution >= 4 is 31.8 Å². The number of aryl methyl sites for hydroxylation is 2. The maximum absolute atomic E-state index is 12.4. The van der Waals surface area contributed by atoms with Crippen LogP contribution in [-0.2, 0) is 17.1 Å². The molecule has 0 spiro atoms. The molecule has 2 aromatic rings. The van der Waals surface area contributed by atoms with Gasteiger partial charge in [0.1, 0.15) is 16.5 Å². The van der Waals surface area contributed by atoms with Crippen molar-refractivity contribution in [3.63, 3.8) is 0 Å². The van der Waals surface area contributed by atoms with Gasteiger partial charge in [0.05, 0.1) is 12.8 Å². The standard InChI is InChI=1S/C12H14BrN3O3S/c1-8-6-12(16(2)14-8)15-20(17,18)11-7-9(13)4-5-10(11)19-3/h4-7,15H,1-3H3.